The molecule has 112 valence electrons. The van der Waals surface area contributed by atoms with Crippen molar-refractivity contribution in [2.24, 2.45) is 5.41 Å². The number of anilines is 1. The Hall–Kier alpha value is -1.67. The normalized spacial score (nSPS) is 24.7. The second-order valence-corrected chi connectivity index (χ2v) is 6.12. The van der Waals surface area contributed by atoms with Crippen molar-refractivity contribution in [2.45, 2.75) is 39.5 Å². The minimum absolute atomic E-state index is 0.268. The second kappa shape index (κ2) is 5.61. The van der Waals surface area contributed by atoms with Gasteiger partial charge in [-0.25, -0.2) is 0 Å². The van der Waals surface area contributed by atoms with Crippen LogP contribution in [0.15, 0.2) is 0 Å². The van der Waals surface area contributed by atoms with Crippen molar-refractivity contribution in [3.8, 4) is 6.07 Å². The molecule has 0 radical (unpaired) electrons. The molecule has 0 aliphatic carbocycles. The number of hydrogen-bond acceptors (Lipinski definition) is 5. The summed E-state index contributed by atoms with van der Waals surface area (Å²) >= 11 is 0. The van der Waals surface area contributed by atoms with Crippen LogP contribution in [0.2, 0.25) is 0 Å². The Morgan fingerprint density at radius 3 is 2.76 bits per heavy atom. The molecule has 1 aromatic rings. The van der Waals surface area contributed by atoms with Crippen molar-refractivity contribution >= 4 is 5.82 Å². The van der Waals surface area contributed by atoms with Gasteiger partial charge in [-0.2, -0.15) is 10.4 Å². The van der Waals surface area contributed by atoms with Gasteiger partial charge in [0, 0.05) is 25.1 Å². The number of nitrogens with zero attached hydrogens (tertiary/aromatic N) is 4. The van der Waals surface area contributed by atoms with E-state index >= 15 is 0 Å². The first kappa shape index (κ1) is 14.3. The highest BCUT2D eigenvalue weighted by molar-refractivity contribution is 5.58. The summed E-state index contributed by atoms with van der Waals surface area (Å²) in [6.07, 6.45) is 3.89. The fourth-order valence-electron chi connectivity index (χ4n) is 3.59. The molecule has 0 N–H and O–H groups in total. The van der Waals surface area contributed by atoms with Crippen LogP contribution in [0.5, 0.6) is 0 Å². The van der Waals surface area contributed by atoms with Gasteiger partial charge >= 0.3 is 0 Å². The van der Waals surface area contributed by atoms with Crippen molar-refractivity contribution in [1.82, 2.24) is 10.2 Å². The van der Waals surface area contributed by atoms with Crippen LogP contribution < -0.4 is 4.90 Å². The zero-order chi connectivity index (χ0) is 14.9. The predicted octanol–water partition coefficient (Wildman–Crippen LogP) is 2.09. The van der Waals surface area contributed by atoms with Gasteiger partial charge in [-0.1, -0.05) is 13.8 Å². The van der Waals surface area contributed by atoms with E-state index in [2.05, 4.69) is 35.0 Å². The Bertz CT molecular complexity index is 572. The maximum absolute atomic E-state index is 9.60. The summed E-state index contributed by atoms with van der Waals surface area (Å²) in [6, 6.07) is 2.37. The van der Waals surface area contributed by atoms with E-state index in [9.17, 15) is 5.26 Å². The third-order valence-corrected chi connectivity index (χ3v) is 4.86. The zero-order valence-corrected chi connectivity index (χ0v) is 12.9. The number of aromatic nitrogens is 2. The van der Waals surface area contributed by atoms with Crippen LogP contribution in [0.3, 0.4) is 0 Å². The number of nitriles is 1. The van der Waals surface area contributed by atoms with Gasteiger partial charge < -0.3 is 9.64 Å². The highest BCUT2D eigenvalue weighted by atomic mass is 16.5. The van der Waals surface area contributed by atoms with Crippen molar-refractivity contribution in [2.75, 3.05) is 31.2 Å². The largest absolute Gasteiger partial charge is 0.381 e. The van der Waals surface area contributed by atoms with Crippen LogP contribution in [0.1, 0.15) is 43.5 Å². The lowest BCUT2D eigenvalue weighted by atomic mass is 9.87. The van der Waals surface area contributed by atoms with Gasteiger partial charge in [0.15, 0.2) is 5.82 Å². The molecule has 1 atom stereocenters. The van der Waals surface area contributed by atoms with E-state index in [-0.39, 0.29) is 5.41 Å². The molecule has 2 saturated heterocycles. The standard InChI is InChI=1S/C16H22N4O/c1-3-12-13(9-17)15(19-18-14(12)4-2)20-7-5-16(10-20)6-8-21-11-16/h3-8,10-11H2,1-2H3. The van der Waals surface area contributed by atoms with Crippen LogP contribution in [0.25, 0.3) is 0 Å². The van der Waals surface area contributed by atoms with Crippen molar-refractivity contribution < 1.29 is 4.74 Å². The third kappa shape index (κ3) is 2.38. The Morgan fingerprint density at radius 2 is 2.14 bits per heavy atom. The minimum atomic E-state index is 0.268. The average Bonchev–Trinajstić information content (AvgIpc) is 3.16. The lowest BCUT2D eigenvalue weighted by Gasteiger charge is -2.23. The predicted molar refractivity (Wildman–Crippen MR) is 80.2 cm³/mol. The molecule has 21 heavy (non-hydrogen) atoms. The molecule has 1 aromatic heterocycles. The van der Waals surface area contributed by atoms with E-state index in [1.54, 1.807) is 0 Å². The zero-order valence-electron chi connectivity index (χ0n) is 12.9. The first-order valence-corrected chi connectivity index (χ1v) is 7.84. The van der Waals surface area contributed by atoms with E-state index in [4.69, 9.17) is 4.74 Å². The molecule has 1 unspecified atom stereocenters. The molecule has 1 spiro atoms. The maximum Gasteiger partial charge on any atom is 0.169 e. The topological polar surface area (TPSA) is 62.0 Å². The second-order valence-electron chi connectivity index (χ2n) is 6.12. The first-order valence-electron chi connectivity index (χ1n) is 7.84. The third-order valence-electron chi connectivity index (χ3n) is 4.86. The summed E-state index contributed by atoms with van der Waals surface area (Å²) in [6.45, 7) is 7.72. The van der Waals surface area contributed by atoms with Gasteiger partial charge in [0.05, 0.1) is 12.3 Å². The van der Waals surface area contributed by atoms with E-state index in [0.717, 1.165) is 74.6 Å². The van der Waals surface area contributed by atoms with E-state index in [0.29, 0.717) is 0 Å². The lowest BCUT2D eigenvalue weighted by Crippen LogP contribution is -2.29. The van der Waals surface area contributed by atoms with Crippen molar-refractivity contribution in [3.05, 3.63) is 16.8 Å². The quantitative estimate of drug-likeness (QED) is 0.851. The monoisotopic (exact) mass is 286 g/mol. The number of hydrogen-bond donors (Lipinski definition) is 0. The highest BCUT2D eigenvalue weighted by Crippen LogP contribution is 2.40. The van der Waals surface area contributed by atoms with E-state index in [1.807, 2.05) is 0 Å². The molecule has 5 heteroatoms. The van der Waals surface area contributed by atoms with Crippen LogP contribution in [-0.2, 0) is 17.6 Å². The Balaban J connectivity index is 1.94. The molecular weight excluding hydrogens is 264 g/mol. The van der Waals surface area contributed by atoms with Crippen molar-refractivity contribution in [1.29, 1.82) is 5.26 Å². The van der Waals surface area contributed by atoms with Gasteiger partial charge in [-0.05, 0) is 31.2 Å². The Morgan fingerprint density at radius 1 is 1.29 bits per heavy atom. The lowest BCUT2D eigenvalue weighted by molar-refractivity contribution is 0.160. The molecule has 0 amide bonds. The van der Waals surface area contributed by atoms with Gasteiger partial charge in [0.25, 0.3) is 0 Å². The highest BCUT2D eigenvalue weighted by Gasteiger charge is 2.42. The molecule has 2 aliphatic rings. The molecule has 0 saturated carbocycles. The SMILES string of the molecule is CCc1nnc(N2CCC3(CCOC3)C2)c(C#N)c1CC. The molecule has 3 rings (SSSR count). The Kier molecular flexibility index (Phi) is 3.81. The average molecular weight is 286 g/mol. The molecular formula is C16H22N4O. The van der Waals surface area contributed by atoms with Crippen LogP contribution >= 0.6 is 0 Å². The fourth-order valence-corrected chi connectivity index (χ4v) is 3.59. The summed E-state index contributed by atoms with van der Waals surface area (Å²) in [5.41, 5.74) is 3.01. The molecule has 0 aromatic carbocycles. The summed E-state index contributed by atoms with van der Waals surface area (Å²) in [4.78, 5) is 2.23. The summed E-state index contributed by atoms with van der Waals surface area (Å²) in [5, 5.41) is 18.3. The number of rotatable bonds is 3. The van der Waals surface area contributed by atoms with Gasteiger partial charge in [0.1, 0.15) is 11.6 Å². The molecule has 2 aliphatic heterocycles. The Labute approximate surface area is 125 Å². The van der Waals surface area contributed by atoms with Crippen molar-refractivity contribution in [3.63, 3.8) is 0 Å². The van der Waals surface area contributed by atoms with Gasteiger partial charge in [-0.15, -0.1) is 5.10 Å². The molecule has 5 nitrogen and oxygen atoms in total. The fraction of sp³-hybridized carbons (Fsp3) is 0.688. The smallest absolute Gasteiger partial charge is 0.169 e. The molecule has 3 heterocycles. The number of aryl methyl sites for hydroxylation is 1. The summed E-state index contributed by atoms with van der Waals surface area (Å²) in [7, 11) is 0. The van der Waals surface area contributed by atoms with Gasteiger partial charge in [0.2, 0.25) is 0 Å². The van der Waals surface area contributed by atoms with Crippen LogP contribution in [0, 0.1) is 16.7 Å². The first-order chi connectivity index (χ1) is 10.2. The van der Waals surface area contributed by atoms with E-state index in [1.165, 1.54) is 0 Å². The molecule has 2 fully saturated rings. The summed E-state index contributed by atoms with van der Waals surface area (Å²) in [5.74, 6) is 0.773. The summed E-state index contributed by atoms with van der Waals surface area (Å²) < 4.78 is 5.58. The van der Waals surface area contributed by atoms with Crippen LogP contribution in [-0.4, -0.2) is 36.5 Å². The maximum atomic E-state index is 9.60. The van der Waals surface area contributed by atoms with Crippen LogP contribution in [0.4, 0.5) is 5.82 Å². The van der Waals surface area contributed by atoms with Gasteiger partial charge in [-0.3, -0.25) is 0 Å². The molecule has 0 bridgehead atoms. The van der Waals surface area contributed by atoms with E-state index < -0.39 is 0 Å². The minimum Gasteiger partial charge on any atom is -0.381 e. The number of ether oxygens (including phenoxy) is 1.